The molecule has 0 unspecified atom stereocenters. The summed E-state index contributed by atoms with van der Waals surface area (Å²) in [6.45, 7) is 0. The number of fused-ring (bicyclic) bond motifs is 1. The number of carboxylic acids is 1. The molecule has 2 rings (SSSR count). The molecule has 3 nitrogen and oxygen atoms in total. The Morgan fingerprint density at radius 2 is 2.42 bits per heavy atom. The van der Waals surface area contributed by atoms with Crippen LogP contribution in [0.15, 0.2) is 40.6 Å². The molecule has 1 heterocycles. The monoisotopic (exact) mass is 161 g/mol. The minimum atomic E-state index is -0.884. The number of allylic oxidation sites excluding steroid dienone is 4. The van der Waals surface area contributed by atoms with Gasteiger partial charge in [-0.15, -0.1) is 0 Å². The van der Waals surface area contributed by atoms with Crippen LogP contribution >= 0.6 is 0 Å². The Balaban J connectivity index is 2.33. The topological polar surface area (TPSA) is 49.7 Å². The van der Waals surface area contributed by atoms with Gasteiger partial charge >= 0.3 is 5.97 Å². The van der Waals surface area contributed by atoms with Crippen LogP contribution in [-0.4, -0.2) is 16.8 Å². The van der Waals surface area contributed by atoms with Crippen LogP contribution in [0.4, 0.5) is 0 Å². The molecular formula is C9H7NO2. The van der Waals surface area contributed by atoms with E-state index in [1.807, 2.05) is 18.2 Å². The summed E-state index contributed by atoms with van der Waals surface area (Å²) in [5.74, 6) is -0.884. The molecule has 0 aromatic heterocycles. The summed E-state index contributed by atoms with van der Waals surface area (Å²) < 4.78 is 0. The van der Waals surface area contributed by atoms with Crippen LogP contribution in [0.25, 0.3) is 0 Å². The number of nitrogens with zero attached hydrogens (tertiary/aromatic N) is 1. The average Bonchev–Trinajstić information content (AvgIpc) is 2.49. The molecule has 0 fully saturated rings. The van der Waals surface area contributed by atoms with Crippen molar-refractivity contribution < 1.29 is 9.90 Å². The molecule has 0 atom stereocenters. The van der Waals surface area contributed by atoms with E-state index in [0.717, 1.165) is 11.3 Å². The molecule has 3 heteroatoms. The predicted molar refractivity (Wildman–Crippen MR) is 45.0 cm³/mol. The van der Waals surface area contributed by atoms with Gasteiger partial charge in [-0.25, -0.2) is 4.79 Å². The van der Waals surface area contributed by atoms with Gasteiger partial charge in [-0.3, -0.25) is 4.99 Å². The van der Waals surface area contributed by atoms with Crippen molar-refractivity contribution in [3.05, 3.63) is 35.6 Å². The number of hydrogen-bond acceptors (Lipinski definition) is 2. The van der Waals surface area contributed by atoms with E-state index in [1.54, 1.807) is 0 Å². The van der Waals surface area contributed by atoms with Crippen molar-refractivity contribution in [3.63, 3.8) is 0 Å². The van der Waals surface area contributed by atoms with E-state index in [0.29, 0.717) is 12.0 Å². The zero-order valence-corrected chi connectivity index (χ0v) is 6.32. The van der Waals surface area contributed by atoms with Crippen LogP contribution < -0.4 is 0 Å². The number of hydrogen-bond donors (Lipinski definition) is 1. The van der Waals surface area contributed by atoms with Gasteiger partial charge in [-0.2, -0.15) is 0 Å². The highest BCUT2D eigenvalue weighted by molar-refractivity contribution is 6.13. The SMILES string of the molecule is O=C(O)C1=CN=C2C=CC=C2C1. The van der Waals surface area contributed by atoms with Crippen LogP contribution in [0, 0.1) is 0 Å². The molecule has 0 saturated carbocycles. The Kier molecular flexibility index (Phi) is 1.43. The lowest BCUT2D eigenvalue weighted by molar-refractivity contribution is -0.132. The number of aliphatic imine (C=N–C) groups is 1. The van der Waals surface area contributed by atoms with Crippen molar-refractivity contribution in [2.75, 3.05) is 0 Å². The highest BCUT2D eigenvalue weighted by Crippen LogP contribution is 2.22. The maximum atomic E-state index is 10.6. The lowest BCUT2D eigenvalue weighted by atomic mass is 10.0. The Morgan fingerprint density at radius 1 is 1.58 bits per heavy atom. The number of carbonyl (C=O) groups is 1. The number of carboxylic acid groups (broad SMARTS) is 1. The first-order valence-electron chi connectivity index (χ1n) is 3.65. The first kappa shape index (κ1) is 7.03. The molecule has 0 spiro atoms. The Labute approximate surface area is 69.4 Å². The maximum absolute atomic E-state index is 10.6. The lowest BCUT2D eigenvalue weighted by Crippen LogP contribution is -2.08. The normalized spacial score (nSPS) is 19.5. The zero-order valence-electron chi connectivity index (χ0n) is 6.32. The van der Waals surface area contributed by atoms with E-state index in [2.05, 4.69) is 4.99 Å². The second-order valence-electron chi connectivity index (χ2n) is 2.70. The number of aliphatic carboxylic acids is 1. The fourth-order valence-corrected chi connectivity index (χ4v) is 1.25. The molecular weight excluding hydrogens is 154 g/mol. The van der Waals surface area contributed by atoms with E-state index in [-0.39, 0.29) is 0 Å². The summed E-state index contributed by atoms with van der Waals surface area (Å²) in [5, 5.41) is 8.67. The van der Waals surface area contributed by atoms with E-state index < -0.39 is 5.97 Å². The van der Waals surface area contributed by atoms with Crippen molar-refractivity contribution >= 4 is 11.7 Å². The Bertz CT molecular complexity index is 359. The van der Waals surface area contributed by atoms with Gasteiger partial charge in [0.05, 0.1) is 11.3 Å². The molecule has 60 valence electrons. The summed E-state index contributed by atoms with van der Waals surface area (Å²) in [6.07, 6.45) is 7.57. The smallest absolute Gasteiger partial charge is 0.333 e. The minimum absolute atomic E-state index is 0.355. The molecule has 0 bridgehead atoms. The van der Waals surface area contributed by atoms with Gasteiger partial charge in [0.25, 0.3) is 0 Å². The van der Waals surface area contributed by atoms with Crippen LogP contribution in [0.5, 0.6) is 0 Å². The summed E-state index contributed by atoms with van der Waals surface area (Å²) >= 11 is 0. The highest BCUT2D eigenvalue weighted by Gasteiger charge is 2.18. The molecule has 1 aliphatic carbocycles. The Hall–Kier alpha value is -1.64. The fraction of sp³-hybridized carbons (Fsp3) is 0.111. The fourth-order valence-electron chi connectivity index (χ4n) is 1.25. The highest BCUT2D eigenvalue weighted by atomic mass is 16.4. The molecule has 2 aliphatic rings. The van der Waals surface area contributed by atoms with Crippen LogP contribution in [0.1, 0.15) is 6.42 Å². The molecule has 0 aromatic carbocycles. The van der Waals surface area contributed by atoms with E-state index in [4.69, 9.17) is 5.11 Å². The Morgan fingerprint density at radius 3 is 3.17 bits per heavy atom. The van der Waals surface area contributed by atoms with Gasteiger partial charge in [0.15, 0.2) is 0 Å². The third-order valence-corrected chi connectivity index (χ3v) is 1.90. The van der Waals surface area contributed by atoms with Gasteiger partial charge in [-0.1, -0.05) is 12.2 Å². The van der Waals surface area contributed by atoms with Crippen molar-refractivity contribution in [1.82, 2.24) is 0 Å². The molecule has 0 radical (unpaired) electrons. The summed E-state index contributed by atoms with van der Waals surface area (Å²) in [5.41, 5.74) is 2.24. The number of rotatable bonds is 1. The minimum Gasteiger partial charge on any atom is -0.478 e. The van der Waals surface area contributed by atoms with Crippen LogP contribution in [0.3, 0.4) is 0 Å². The van der Waals surface area contributed by atoms with Gasteiger partial charge in [-0.05, 0) is 11.6 Å². The van der Waals surface area contributed by atoms with E-state index in [1.165, 1.54) is 6.20 Å². The molecule has 0 saturated heterocycles. The first-order valence-corrected chi connectivity index (χ1v) is 3.65. The van der Waals surface area contributed by atoms with Gasteiger partial charge in [0.2, 0.25) is 0 Å². The third-order valence-electron chi connectivity index (χ3n) is 1.90. The maximum Gasteiger partial charge on any atom is 0.333 e. The van der Waals surface area contributed by atoms with Crippen molar-refractivity contribution in [1.29, 1.82) is 0 Å². The standard InChI is InChI=1S/C9H7NO2/c11-9(12)7-4-6-2-1-3-8(6)10-5-7/h1-3,5H,4H2,(H,11,12). The summed E-state index contributed by atoms with van der Waals surface area (Å²) in [7, 11) is 0. The third kappa shape index (κ3) is 0.993. The quantitative estimate of drug-likeness (QED) is 0.630. The van der Waals surface area contributed by atoms with Crippen molar-refractivity contribution in [3.8, 4) is 0 Å². The second kappa shape index (κ2) is 2.44. The second-order valence-corrected chi connectivity index (χ2v) is 2.70. The zero-order chi connectivity index (χ0) is 8.55. The van der Waals surface area contributed by atoms with Crippen LogP contribution in [0.2, 0.25) is 0 Å². The van der Waals surface area contributed by atoms with Crippen LogP contribution in [-0.2, 0) is 4.79 Å². The molecule has 0 aromatic rings. The largest absolute Gasteiger partial charge is 0.478 e. The predicted octanol–water partition coefficient (Wildman–Crippen LogP) is 1.30. The van der Waals surface area contributed by atoms with Gasteiger partial charge in [0.1, 0.15) is 0 Å². The van der Waals surface area contributed by atoms with E-state index in [9.17, 15) is 4.79 Å². The lowest BCUT2D eigenvalue weighted by Gasteiger charge is -2.08. The van der Waals surface area contributed by atoms with Crippen molar-refractivity contribution in [2.24, 2.45) is 4.99 Å². The molecule has 12 heavy (non-hydrogen) atoms. The average molecular weight is 161 g/mol. The molecule has 0 amide bonds. The molecule has 1 N–H and O–H groups in total. The summed E-state index contributed by atoms with van der Waals surface area (Å²) in [6, 6.07) is 0. The summed E-state index contributed by atoms with van der Waals surface area (Å²) in [4.78, 5) is 14.6. The van der Waals surface area contributed by atoms with E-state index >= 15 is 0 Å². The molecule has 1 aliphatic heterocycles. The van der Waals surface area contributed by atoms with Crippen molar-refractivity contribution in [2.45, 2.75) is 6.42 Å². The first-order chi connectivity index (χ1) is 5.77. The van der Waals surface area contributed by atoms with Gasteiger partial charge < -0.3 is 5.11 Å². The van der Waals surface area contributed by atoms with Gasteiger partial charge in [0, 0.05) is 12.6 Å².